The summed E-state index contributed by atoms with van der Waals surface area (Å²) in [6.45, 7) is 2.37. The summed E-state index contributed by atoms with van der Waals surface area (Å²) in [7, 11) is 0. The molecule has 1 aliphatic rings. The van der Waals surface area contributed by atoms with E-state index in [-0.39, 0.29) is 18.4 Å². The summed E-state index contributed by atoms with van der Waals surface area (Å²) in [6.07, 6.45) is 1.90. The first-order valence-corrected chi connectivity index (χ1v) is 7.43. The molecule has 0 aliphatic carbocycles. The van der Waals surface area contributed by atoms with Crippen molar-refractivity contribution in [2.75, 3.05) is 13.2 Å². The van der Waals surface area contributed by atoms with Crippen LogP contribution in [0.2, 0.25) is 0 Å². The fourth-order valence-corrected chi connectivity index (χ4v) is 2.73. The molecule has 0 bridgehead atoms. The fraction of sp³-hybridized carbons (Fsp3) is 0.500. The van der Waals surface area contributed by atoms with Gasteiger partial charge in [-0.1, -0.05) is 37.3 Å². The van der Waals surface area contributed by atoms with Crippen LogP contribution in [0.15, 0.2) is 30.3 Å². The van der Waals surface area contributed by atoms with Gasteiger partial charge >= 0.3 is 0 Å². The molecular weight excluding hydrogens is 268 g/mol. The number of nitrogens with one attached hydrogen (secondary N) is 1. The van der Waals surface area contributed by atoms with Crippen LogP contribution in [0.5, 0.6) is 0 Å². The van der Waals surface area contributed by atoms with Crippen LogP contribution in [-0.4, -0.2) is 41.0 Å². The zero-order valence-electron chi connectivity index (χ0n) is 12.3. The first-order chi connectivity index (χ1) is 10.2. The Balaban J connectivity index is 2.05. The highest BCUT2D eigenvalue weighted by Crippen LogP contribution is 2.18. The van der Waals surface area contributed by atoms with E-state index >= 15 is 0 Å². The summed E-state index contributed by atoms with van der Waals surface area (Å²) in [6, 6.07) is 8.46. The van der Waals surface area contributed by atoms with E-state index in [9.17, 15) is 14.7 Å². The smallest absolute Gasteiger partial charge is 0.243 e. The lowest BCUT2D eigenvalue weighted by atomic mass is 10.1. The Morgan fingerprint density at radius 3 is 2.62 bits per heavy atom. The van der Waals surface area contributed by atoms with Crippen molar-refractivity contribution in [1.29, 1.82) is 0 Å². The van der Waals surface area contributed by atoms with E-state index < -0.39 is 12.1 Å². The van der Waals surface area contributed by atoms with Gasteiger partial charge in [-0.15, -0.1) is 0 Å². The fourth-order valence-electron chi connectivity index (χ4n) is 2.73. The molecule has 5 nitrogen and oxygen atoms in total. The third-order valence-corrected chi connectivity index (χ3v) is 3.88. The zero-order valence-corrected chi connectivity index (χ0v) is 12.3. The highest BCUT2D eigenvalue weighted by molar-refractivity contribution is 5.88. The molecule has 1 aromatic rings. The number of carbonyl (C=O) groups excluding carboxylic acids is 2. The van der Waals surface area contributed by atoms with Crippen molar-refractivity contribution in [1.82, 2.24) is 10.2 Å². The molecule has 0 spiro atoms. The van der Waals surface area contributed by atoms with Gasteiger partial charge in [-0.25, -0.2) is 0 Å². The largest absolute Gasteiger partial charge is 0.394 e. The Labute approximate surface area is 125 Å². The Hall–Kier alpha value is -1.88. The van der Waals surface area contributed by atoms with Crippen molar-refractivity contribution in [3.8, 4) is 0 Å². The van der Waals surface area contributed by atoms with E-state index in [2.05, 4.69) is 5.32 Å². The van der Waals surface area contributed by atoms with Crippen molar-refractivity contribution >= 4 is 11.8 Å². The SMILES string of the molecule is CCC(C(=O)N[C@H](CO)c1ccccc1)N1CCCC1=O. The van der Waals surface area contributed by atoms with Crippen LogP contribution in [0, 0.1) is 0 Å². The number of likely N-dealkylation sites (tertiary alicyclic amines) is 1. The molecule has 2 N–H and O–H groups in total. The molecule has 1 heterocycles. The topological polar surface area (TPSA) is 69.6 Å². The summed E-state index contributed by atoms with van der Waals surface area (Å²) in [5.74, 6) is -0.159. The van der Waals surface area contributed by atoms with Crippen molar-refractivity contribution in [3.63, 3.8) is 0 Å². The second-order valence-electron chi connectivity index (χ2n) is 5.27. The van der Waals surface area contributed by atoms with Gasteiger partial charge in [-0.3, -0.25) is 9.59 Å². The molecule has 1 aromatic carbocycles. The van der Waals surface area contributed by atoms with Gasteiger partial charge in [0.15, 0.2) is 0 Å². The Bertz CT molecular complexity index is 490. The second kappa shape index (κ2) is 7.22. The number of amides is 2. The average molecular weight is 290 g/mol. The highest BCUT2D eigenvalue weighted by Gasteiger charge is 2.32. The Kier molecular flexibility index (Phi) is 5.33. The van der Waals surface area contributed by atoms with Gasteiger partial charge in [0.1, 0.15) is 6.04 Å². The van der Waals surface area contributed by atoms with E-state index in [4.69, 9.17) is 0 Å². The molecule has 2 amide bonds. The predicted octanol–water partition coefficient (Wildman–Crippen LogP) is 1.24. The molecule has 1 aliphatic heterocycles. The number of aliphatic hydroxyl groups is 1. The number of benzene rings is 1. The number of aliphatic hydroxyl groups excluding tert-OH is 1. The Morgan fingerprint density at radius 1 is 1.38 bits per heavy atom. The van der Waals surface area contributed by atoms with Crippen LogP contribution in [0.1, 0.15) is 37.8 Å². The van der Waals surface area contributed by atoms with Crippen LogP contribution < -0.4 is 5.32 Å². The van der Waals surface area contributed by atoms with Crippen LogP contribution >= 0.6 is 0 Å². The lowest BCUT2D eigenvalue weighted by Crippen LogP contribution is -2.48. The number of hydrogen-bond acceptors (Lipinski definition) is 3. The van der Waals surface area contributed by atoms with Gasteiger partial charge in [0.05, 0.1) is 12.6 Å². The van der Waals surface area contributed by atoms with E-state index in [1.807, 2.05) is 37.3 Å². The molecule has 0 saturated carbocycles. The molecular formula is C16H22N2O3. The molecule has 0 radical (unpaired) electrons. The molecule has 21 heavy (non-hydrogen) atoms. The van der Waals surface area contributed by atoms with Gasteiger partial charge in [-0.05, 0) is 18.4 Å². The van der Waals surface area contributed by atoms with Crippen LogP contribution in [0.25, 0.3) is 0 Å². The van der Waals surface area contributed by atoms with Crippen LogP contribution in [0.4, 0.5) is 0 Å². The minimum atomic E-state index is -0.447. The molecule has 2 rings (SSSR count). The maximum absolute atomic E-state index is 12.4. The number of rotatable bonds is 6. The number of carbonyl (C=O) groups is 2. The number of nitrogens with zero attached hydrogens (tertiary/aromatic N) is 1. The normalized spacial score (nSPS) is 17.6. The Morgan fingerprint density at radius 2 is 2.10 bits per heavy atom. The maximum Gasteiger partial charge on any atom is 0.243 e. The van der Waals surface area contributed by atoms with E-state index in [0.29, 0.717) is 19.4 Å². The third kappa shape index (κ3) is 3.61. The van der Waals surface area contributed by atoms with Gasteiger partial charge < -0.3 is 15.3 Å². The quantitative estimate of drug-likeness (QED) is 0.828. The molecule has 5 heteroatoms. The standard InChI is InChI=1S/C16H22N2O3/c1-2-14(18-10-6-9-15(18)20)16(21)17-13(11-19)12-7-4-3-5-8-12/h3-5,7-8,13-14,19H,2,6,9-11H2,1H3,(H,17,21)/t13-,14?/m1/s1. The van der Waals surface area contributed by atoms with E-state index in [0.717, 1.165) is 12.0 Å². The minimum Gasteiger partial charge on any atom is -0.394 e. The summed E-state index contributed by atoms with van der Waals surface area (Å²) in [4.78, 5) is 25.9. The molecule has 1 saturated heterocycles. The summed E-state index contributed by atoms with van der Waals surface area (Å²) in [5, 5.41) is 12.4. The number of hydrogen-bond donors (Lipinski definition) is 2. The van der Waals surface area contributed by atoms with E-state index in [1.54, 1.807) is 4.90 Å². The molecule has 2 atom stereocenters. The molecule has 1 fully saturated rings. The third-order valence-electron chi connectivity index (χ3n) is 3.88. The van der Waals surface area contributed by atoms with Gasteiger partial charge in [-0.2, -0.15) is 0 Å². The lowest BCUT2D eigenvalue weighted by Gasteiger charge is -2.28. The summed E-state index contributed by atoms with van der Waals surface area (Å²) >= 11 is 0. The van der Waals surface area contributed by atoms with Crippen molar-refractivity contribution in [2.24, 2.45) is 0 Å². The van der Waals surface area contributed by atoms with Crippen molar-refractivity contribution < 1.29 is 14.7 Å². The second-order valence-corrected chi connectivity index (χ2v) is 5.27. The first kappa shape index (κ1) is 15.5. The lowest BCUT2D eigenvalue weighted by molar-refractivity contribution is -0.138. The van der Waals surface area contributed by atoms with Crippen LogP contribution in [-0.2, 0) is 9.59 Å². The summed E-state index contributed by atoms with van der Waals surface area (Å²) < 4.78 is 0. The van der Waals surface area contributed by atoms with Crippen molar-refractivity contribution in [2.45, 2.75) is 38.3 Å². The highest BCUT2D eigenvalue weighted by atomic mass is 16.3. The predicted molar refractivity (Wildman–Crippen MR) is 79.4 cm³/mol. The first-order valence-electron chi connectivity index (χ1n) is 7.43. The molecule has 0 aromatic heterocycles. The monoisotopic (exact) mass is 290 g/mol. The maximum atomic E-state index is 12.4. The molecule has 114 valence electrons. The summed E-state index contributed by atoms with van der Waals surface area (Å²) in [5.41, 5.74) is 0.857. The van der Waals surface area contributed by atoms with Gasteiger partial charge in [0.25, 0.3) is 0 Å². The van der Waals surface area contributed by atoms with Crippen LogP contribution in [0.3, 0.4) is 0 Å². The zero-order chi connectivity index (χ0) is 15.2. The molecule has 1 unspecified atom stereocenters. The van der Waals surface area contributed by atoms with Gasteiger partial charge in [0.2, 0.25) is 11.8 Å². The van der Waals surface area contributed by atoms with E-state index in [1.165, 1.54) is 0 Å². The average Bonchev–Trinajstić information content (AvgIpc) is 2.92. The van der Waals surface area contributed by atoms with Gasteiger partial charge in [0, 0.05) is 13.0 Å². The minimum absolute atomic E-state index is 0.0391. The van der Waals surface area contributed by atoms with Crippen molar-refractivity contribution in [3.05, 3.63) is 35.9 Å².